The maximum atomic E-state index is 13.5. The molecule has 0 heterocycles. The first kappa shape index (κ1) is 11.1. The minimum absolute atomic E-state index is 0.0370. The van der Waals surface area contributed by atoms with E-state index in [0.29, 0.717) is 0 Å². The Morgan fingerprint density at radius 1 is 1.43 bits per heavy atom. The van der Waals surface area contributed by atoms with Crippen molar-refractivity contribution in [2.24, 2.45) is 5.73 Å². The number of aliphatic hydroxyl groups excluding tert-OH is 1. The summed E-state index contributed by atoms with van der Waals surface area (Å²) in [6.45, 7) is 2.75. The molecule has 0 saturated heterocycles. The van der Waals surface area contributed by atoms with E-state index in [9.17, 15) is 13.9 Å². The van der Waals surface area contributed by atoms with Crippen molar-refractivity contribution in [1.29, 1.82) is 0 Å². The van der Waals surface area contributed by atoms with Crippen LogP contribution in [0.1, 0.15) is 22.8 Å². The highest BCUT2D eigenvalue weighted by atomic mass is 19.1. The Kier molecular flexibility index (Phi) is 3.18. The van der Waals surface area contributed by atoms with Crippen LogP contribution in [0, 0.1) is 25.5 Å². The molecule has 0 aromatic heterocycles. The highest BCUT2D eigenvalue weighted by Gasteiger charge is 2.18. The molecule has 0 aliphatic carbocycles. The van der Waals surface area contributed by atoms with Gasteiger partial charge in [-0.15, -0.1) is 0 Å². The maximum Gasteiger partial charge on any atom is 0.132 e. The summed E-state index contributed by atoms with van der Waals surface area (Å²) >= 11 is 0. The van der Waals surface area contributed by atoms with E-state index < -0.39 is 17.7 Å². The predicted octanol–water partition coefficient (Wildman–Crippen LogP) is 1.57. The van der Waals surface area contributed by atoms with Gasteiger partial charge in [-0.1, -0.05) is 0 Å². The van der Waals surface area contributed by atoms with Crippen molar-refractivity contribution < 1.29 is 13.9 Å². The zero-order valence-corrected chi connectivity index (χ0v) is 8.14. The number of halogens is 2. The van der Waals surface area contributed by atoms with Gasteiger partial charge in [-0.25, -0.2) is 8.78 Å². The summed E-state index contributed by atoms with van der Waals surface area (Å²) in [5.41, 5.74) is 5.46. The first-order valence-corrected chi connectivity index (χ1v) is 4.32. The lowest BCUT2D eigenvalue weighted by Crippen LogP contribution is -2.16. The molecule has 1 atom stereocenters. The Labute approximate surface area is 81.4 Å². The molecular formula is C10H13F2NO. The molecule has 78 valence electrons. The normalized spacial score (nSPS) is 13.0. The zero-order chi connectivity index (χ0) is 10.9. The van der Waals surface area contributed by atoms with Crippen molar-refractivity contribution in [3.8, 4) is 0 Å². The highest BCUT2D eigenvalue weighted by molar-refractivity contribution is 5.35. The molecular weight excluding hydrogens is 188 g/mol. The maximum absolute atomic E-state index is 13.5. The van der Waals surface area contributed by atoms with Crippen molar-refractivity contribution in [3.05, 3.63) is 34.4 Å². The van der Waals surface area contributed by atoms with E-state index in [2.05, 4.69) is 0 Å². The first-order chi connectivity index (χ1) is 6.49. The number of rotatable bonds is 2. The van der Waals surface area contributed by atoms with Crippen LogP contribution in [0.2, 0.25) is 0 Å². The quantitative estimate of drug-likeness (QED) is 0.763. The van der Waals surface area contributed by atoms with E-state index in [4.69, 9.17) is 5.73 Å². The van der Waals surface area contributed by atoms with Gasteiger partial charge in [0.1, 0.15) is 11.6 Å². The third kappa shape index (κ3) is 1.76. The van der Waals surface area contributed by atoms with Gasteiger partial charge in [-0.3, -0.25) is 0 Å². The minimum atomic E-state index is -1.15. The molecule has 14 heavy (non-hydrogen) atoms. The van der Waals surface area contributed by atoms with Crippen LogP contribution in [0.25, 0.3) is 0 Å². The lowest BCUT2D eigenvalue weighted by Gasteiger charge is -2.14. The molecule has 0 aliphatic rings. The number of aliphatic hydroxyl groups is 1. The SMILES string of the molecule is Cc1cc(F)c(C)c(C(O)CN)c1F. The largest absolute Gasteiger partial charge is 0.387 e. The minimum Gasteiger partial charge on any atom is -0.387 e. The summed E-state index contributed by atoms with van der Waals surface area (Å²) in [7, 11) is 0. The monoisotopic (exact) mass is 201 g/mol. The number of aryl methyl sites for hydroxylation is 1. The van der Waals surface area contributed by atoms with E-state index in [-0.39, 0.29) is 23.2 Å². The summed E-state index contributed by atoms with van der Waals surface area (Å²) in [5, 5.41) is 9.41. The Morgan fingerprint density at radius 2 is 2.00 bits per heavy atom. The Balaban J connectivity index is 3.39. The molecule has 4 heteroatoms. The number of hydrogen-bond donors (Lipinski definition) is 2. The van der Waals surface area contributed by atoms with Crippen LogP contribution in [-0.2, 0) is 0 Å². The van der Waals surface area contributed by atoms with Gasteiger partial charge in [0, 0.05) is 12.1 Å². The summed E-state index contributed by atoms with van der Waals surface area (Å²) in [6.07, 6.45) is -1.15. The van der Waals surface area contributed by atoms with Crippen LogP contribution in [0.5, 0.6) is 0 Å². The van der Waals surface area contributed by atoms with Gasteiger partial charge in [-0.2, -0.15) is 0 Å². The number of nitrogens with two attached hydrogens (primary N) is 1. The Bertz CT molecular complexity index is 326. The molecule has 2 nitrogen and oxygen atoms in total. The molecule has 1 unspecified atom stereocenters. The van der Waals surface area contributed by atoms with E-state index in [1.807, 2.05) is 0 Å². The standard InChI is InChI=1S/C10H13F2NO/c1-5-3-7(11)6(2)9(10(5)12)8(14)4-13/h3,8,14H,4,13H2,1-2H3. The van der Waals surface area contributed by atoms with E-state index in [0.717, 1.165) is 6.07 Å². The van der Waals surface area contributed by atoms with Gasteiger partial charge < -0.3 is 10.8 Å². The fourth-order valence-corrected chi connectivity index (χ4v) is 1.38. The second kappa shape index (κ2) is 4.02. The Hall–Kier alpha value is -1.00. The van der Waals surface area contributed by atoms with Gasteiger partial charge >= 0.3 is 0 Å². The van der Waals surface area contributed by atoms with Gasteiger partial charge in [0.25, 0.3) is 0 Å². The van der Waals surface area contributed by atoms with Gasteiger partial charge in [0.2, 0.25) is 0 Å². The van der Waals surface area contributed by atoms with E-state index in [1.54, 1.807) is 0 Å². The van der Waals surface area contributed by atoms with Crippen LogP contribution in [0.3, 0.4) is 0 Å². The van der Waals surface area contributed by atoms with Crippen molar-refractivity contribution in [2.75, 3.05) is 6.54 Å². The van der Waals surface area contributed by atoms with Gasteiger partial charge in [-0.05, 0) is 31.0 Å². The lowest BCUT2D eigenvalue weighted by atomic mass is 9.99. The molecule has 3 N–H and O–H groups in total. The third-order valence-electron chi connectivity index (χ3n) is 2.24. The second-order valence-corrected chi connectivity index (χ2v) is 3.28. The average Bonchev–Trinajstić information content (AvgIpc) is 2.15. The Morgan fingerprint density at radius 3 is 2.50 bits per heavy atom. The molecule has 0 radical (unpaired) electrons. The van der Waals surface area contributed by atoms with Crippen LogP contribution >= 0.6 is 0 Å². The summed E-state index contributed by atoms with van der Waals surface area (Å²) in [4.78, 5) is 0. The topological polar surface area (TPSA) is 46.2 Å². The first-order valence-electron chi connectivity index (χ1n) is 4.32. The molecule has 0 fully saturated rings. The number of hydrogen-bond acceptors (Lipinski definition) is 2. The predicted molar refractivity (Wildman–Crippen MR) is 49.8 cm³/mol. The van der Waals surface area contributed by atoms with Crippen LogP contribution in [0.15, 0.2) is 6.07 Å². The summed E-state index contributed by atoms with van der Waals surface area (Å²) < 4.78 is 26.7. The van der Waals surface area contributed by atoms with Crippen molar-refractivity contribution >= 4 is 0 Å². The summed E-state index contributed by atoms with van der Waals surface area (Å²) in [6, 6.07) is 1.11. The fraction of sp³-hybridized carbons (Fsp3) is 0.400. The van der Waals surface area contributed by atoms with Gasteiger partial charge in [0.05, 0.1) is 6.10 Å². The summed E-state index contributed by atoms with van der Waals surface area (Å²) in [5.74, 6) is -1.10. The highest BCUT2D eigenvalue weighted by Crippen LogP contribution is 2.25. The fourth-order valence-electron chi connectivity index (χ4n) is 1.38. The zero-order valence-electron chi connectivity index (χ0n) is 8.14. The molecule has 0 aliphatic heterocycles. The number of benzene rings is 1. The molecule has 1 aromatic rings. The average molecular weight is 201 g/mol. The molecule has 0 spiro atoms. The van der Waals surface area contributed by atoms with E-state index >= 15 is 0 Å². The second-order valence-electron chi connectivity index (χ2n) is 3.28. The lowest BCUT2D eigenvalue weighted by molar-refractivity contribution is 0.180. The van der Waals surface area contributed by atoms with Gasteiger partial charge in [0.15, 0.2) is 0 Å². The molecule has 0 saturated carbocycles. The van der Waals surface area contributed by atoms with Crippen LogP contribution < -0.4 is 5.73 Å². The molecule has 0 amide bonds. The smallest absolute Gasteiger partial charge is 0.132 e. The molecule has 0 bridgehead atoms. The van der Waals surface area contributed by atoms with Crippen LogP contribution in [0.4, 0.5) is 8.78 Å². The third-order valence-corrected chi connectivity index (χ3v) is 2.24. The van der Waals surface area contributed by atoms with Crippen molar-refractivity contribution in [1.82, 2.24) is 0 Å². The molecule has 1 aromatic carbocycles. The van der Waals surface area contributed by atoms with Crippen molar-refractivity contribution in [2.45, 2.75) is 20.0 Å². The van der Waals surface area contributed by atoms with Crippen molar-refractivity contribution in [3.63, 3.8) is 0 Å². The van der Waals surface area contributed by atoms with E-state index in [1.165, 1.54) is 13.8 Å². The molecule has 1 rings (SSSR count). The van der Waals surface area contributed by atoms with Crippen LogP contribution in [-0.4, -0.2) is 11.7 Å².